The molecule has 0 unspecified atom stereocenters. The average molecular weight is 494 g/mol. The number of morpholine rings is 1. The van der Waals surface area contributed by atoms with Gasteiger partial charge in [-0.25, -0.2) is 0 Å². The summed E-state index contributed by atoms with van der Waals surface area (Å²) in [5.41, 5.74) is 2.73. The standard InChI is InChI=1S/C29H39N3O4/c1-30-12-13-35-17-20(30)15-24(34)32-11-8-28-7-6-21(32)27-29(28)9-10-31(16-18-2-3-18)23(28)14-19-4-5-22(33)26(36-27)25(19)29/h4-5,18,20-21,23,27,33H,2-3,6-17H2,1H3/t20-,21+,23+,27-,28+,29-/m0/s1. The van der Waals surface area contributed by atoms with Crippen LogP contribution in [0.25, 0.3) is 0 Å². The van der Waals surface area contributed by atoms with Crippen LogP contribution in [0.15, 0.2) is 12.1 Å². The quantitative estimate of drug-likeness (QED) is 0.696. The van der Waals surface area contributed by atoms with E-state index in [0.717, 1.165) is 70.0 Å². The second-order valence-electron chi connectivity index (χ2n) is 12.9. The number of rotatable bonds is 4. The first-order valence-corrected chi connectivity index (χ1v) is 14.4. The van der Waals surface area contributed by atoms with Gasteiger partial charge in [-0.15, -0.1) is 0 Å². The molecule has 2 spiro atoms. The topological polar surface area (TPSA) is 65.5 Å². The highest BCUT2D eigenvalue weighted by atomic mass is 16.5. The number of phenols is 1. The molecule has 2 saturated carbocycles. The van der Waals surface area contributed by atoms with Gasteiger partial charge in [-0.2, -0.15) is 0 Å². The Labute approximate surface area is 213 Å². The molecular weight excluding hydrogens is 454 g/mol. The van der Waals surface area contributed by atoms with E-state index in [1.54, 1.807) is 0 Å². The first-order chi connectivity index (χ1) is 17.5. The summed E-state index contributed by atoms with van der Waals surface area (Å²) in [6.07, 6.45) is 8.58. The van der Waals surface area contributed by atoms with Crippen LogP contribution in [0.4, 0.5) is 0 Å². The molecule has 1 aromatic rings. The number of likely N-dealkylation sites (tertiary alicyclic amines) is 1. The van der Waals surface area contributed by atoms with Crippen LogP contribution < -0.4 is 4.74 Å². The molecule has 7 heteroatoms. The van der Waals surface area contributed by atoms with Gasteiger partial charge in [0.2, 0.25) is 5.91 Å². The fourth-order valence-electron chi connectivity index (χ4n) is 9.57. The summed E-state index contributed by atoms with van der Waals surface area (Å²) in [5, 5.41) is 10.9. The lowest BCUT2D eigenvalue weighted by Gasteiger charge is -2.66. The predicted octanol–water partition coefficient (Wildman–Crippen LogP) is 2.53. The summed E-state index contributed by atoms with van der Waals surface area (Å²) in [5.74, 6) is 2.14. The highest BCUT2D eigenvalue weighted by molar-refractivity contribution is 5.78. The average Bonchev–Trinajstić information content (AvgIpc) is 3.66. The lowest BCUT2D eigenvalue weighted by molar-refractivity contribution is -0.146. The van der Waals surface area contributed by atoms with Crippen molar-refractivity contribution < 1.29 is 19.4 Å². The number of carbonyl (C=O) groups excluding carboxylic acids is 1. The molecule has 0 radical (unpaired) electrons. The normalized spacial score (nSPS) is 41.1. The van der Waals surface area contributed by atoms with Crippen LogP contribution in [-0.4, -0.2) is 96.4 Å². The van der Waals surface area contributed by atoms with Gasteiger partial charge in [0.1, 0.15) is 6.10 Å². The van der Waals surface area contributed by atoms with E-state index in [4.69, 9.17) is 9.47 Å². The second kappa shape index (κ2) is 7.61. The maximum Gasteiger partial charge on any atom is 0.224 e. The van der Waals surface area contributed by atoms with E-state index in [-0.39, 0.29) is 40.7 Å². The number of nitrogens with zero attached hydrogens (tertiary/aromatic N) is 3. The Hall–Kier alpha value is -1.83. The molecule has 1 amide bonds. The van der Waals surface area contributed by atoms with Gasteiger partial charge in [0.05, 0.1) is 19.3 Å². The molecule has 6 atom stereocenters. The summed E-state index contributed by atoms with van der Waals surface area (Å²) < 4.78 is 12.6. The third kappa shape index (κ3) is 2.77. The van der Waals surface area contributed by atoms with Crippen LogP contribution >= 0.6 is 0 Å². The SMILES string of the molecule is CN1CCOC[C@@H]1CC(=O)N1CC[C@@]23CC[C@@H]1[C@@H]1Oc4c(O)ccc5c4[C@@]12CCN(CC1CC1)[C@@H]3C5. The molecular formula is C29H39N3O4. The Morgan fingerprint density at radius 1 is 1.14 bits per heavy atom. The fourth-order valence-corrected chi connectivity index (χ4v) is 9.57. The van der Waals surface area contributed by atoms with Crippen molar-refractivity contribution in [3.05, 3.63) is 23.3 Å². The van der Waals surface area contributed by atoms with Crippen LogP contribution in [0.3, 0.4) is 0 Å². The highest BCUT2D eigenvalue weighted by Crippen LogP contribution is 2.71. The van der Waals surface area contributed by atoms with Gasteiger partial charge >= 0.3 is 0 Å². The maximum absolute atomic E-state index is 13.9. The first kappa shape index (κ1) is 22.2. The Balaban J connectivity index is 1.20. The molecule has 4 saturated heterocycles. The van der Waals surface area contributed by atoms with Crippen LogP contribution in [0, 0.1) is 11.3 Å². The van der Waals surface area contributed by atoms with Crippen molar-refractivity contribution >= 4 is 5.91 Å². The van der Waals surface area contributed by atoms with Crippen LogP contribution in [-0.2, 0) is 21.4 Å². The number of fused-ring (bicyclic) bond motifs is 3. The van der Waals surface area contributed by atoms with Crippen LogP contribution in [0.5, 0.6) is 11.5 Å². The number of piperidine rings is 1. The fraction of sp³-hybridized carbons (Fsp3) is 0.759. The summed E-state index contributed by atoms with van der Waals surface area (Å²) in [4.78, 5) is 21.2. The van der Waals surface area contributed by atoms with Crippen molar-refractivity contribution in [3.63, 3.8) is 0 Å². The predicted molar refractivity (Wildman–Crippen MR) is 134 cm³/mol. The van der Waals surface area contributed by atoms with Crippen molar-refractivity contribution in [2.45, 2.75) is 81.0 Å². The number of hydrogen-bond acceptors (Lipinski definition) is 6. The minimum atomic E-state index is -0.0813. The molecule has 9 rings (SSSR count). The largest absolute Gasteiger partial charge is 0.504 e. The van der Waals surface area contributed by atoms with Crippen molar-refractivity contribution in [2.24, 2.45) is 11.3 Å². The summed E-state index contributed by atoms with van der Waals surface area (Å²) in [6, 6.07) is 4.75. The molecule has 36 heavy (non-hydrogen) atoms. The van der Waals surface area contributed by atoms with E-state index < -0.39 is 0 Å². The van der Waals surface area contributed by atoms with Gasteiger partial charge in [0.15, 0.2) is 11.5 Å². The van der Waals surface area contributed by atoms with Crippen molar-refractivity contribution in [3.8, 4) is 11.5 Å². The number of carbonyl (C=O) groups is 1. The Bertz CT molecular complexity index is 1110. The van der Waals surface area contributed by atoms with E-state index in [1.807, 2.05) is 6.07 Å². The molecule has 1 N–H and O–H groups in total. The van der Waals surface area contributed by atoms with Gasteiger partial charge in [-0.3, -0.25) is 14.6 Å². The van der Waals surface area contributed by atoms with Crippen molar-refractivity contribution in [1.82, 2.24) is 14.7 Å². The molecule has 4 bridgehead atoms. The molecule has 8 aliphatic rings. The number of hydrogen-bond donors (Lipinski definition) is 1. The molecule has 5 aliphatic heterocycles. The molecule has 5 heterocycles. The van der Waals surface area contributed by atoms with Gasteiger partial charge in [-0.1, -0.05) is 6.07 Å². The zero-order valence-corrected chi connectivity index (χ0v) is 21.5. The third-order valence-corrected chi connectivity index (χ3v) is 11.5. The second-order valence-corrected chi connectivity index (χ2v) is 12.9. The van der Waals surface area contributed by atoms with Crippen molar-refractivity contribution in [2.75, 3.05) is 46.4 Å². The lowest BCUT2D eigenvalue weighted by atomic mass is 9.42. The van der Waals surface area contributed by atoms with Gasteiger partial charge in [0.25, 0.3) is 0 Å². The van der Waals surface area contributed by atoms with Crippen molar-refractivity contribution in [1.29, 1.82) is 0 Å². The molecule has 3 aliphatic carbocycles. The number of ether oxygens (including phenoxy) is 2. The zero-order chi connectivity index (χ0) is 24.2. The van der Waals surface area contributed by atoms with E-state index in [2.05, 4.69) is 27.8 Å². The molecule has 6 fully saturated rings. The summed E-state index contributed by atoms with van der Waals surface area (Å²) in [6.45, 7) is 5.44. The maximum atomic E-state index is 13.9. The monoisotopic (exact) mass is 493 g/mol. The smallest absolute Gasteiger partial charge is 0.224 e. The molecule has 0 aromatic heterocycles. The van der Waals surface area contributed by atoms with Gasteiger partial charge in [0, 0.05) is 54.5 Å². The van der Waals surface area contributed by atoms with E-state index in [1.165, 1.54) is 30.5 Å². The Kier molecular flexibility index (Phi) is 4.69. The summed E-state index contributed by atoms with van der Waals surface area (Å²) >= 11 is 0. The zero-order valence-electron chi connectivity index (χ0n) is 21.5. The van der Waals surface area contributed by atoms with Crippen LogP contribution in [0.2, 0.25) is 0 Å². The minimum absolute atomic E-state index is 0.0500. The number of amides is 1. The Morgan fingerprint density at radius 3 is 2.86 bits per heavy atom. The third-order valence-electron chi connectivity index (χ3n) is 11.5. The van der Waals surface area contributed by atoms with E-state index in [9.17, 15) is 9.90 Å². The number of likely N-dealkylation sites (N-methyl/N-ethyl adjacent to an activating group) is 1. The highest BCUT2D eigenvalue weighted by Gasteiger charge is 2.74. The lowest BCUT2D eigenvalue weighted by Crippen LogP contribution is -2.72. The summed E-state index contributed by atoms with van der Waals surface area (Å²) in [7, 11) is 2.11. The molecule has 7 nitrogen and oxygen atoms in total. The number of aromatic hydroxyl groups is 1. The minimum Gasteiger partial charge on any atom is -0.504 e. The Morgan fingerprint density at radius 2 is 2.03 bits per heavy atom. The molecule has 194 valence electrons. The van der Waals surface area contributed by atoms with Gasteiger partial charge < -0.3 is 19.5 Å². The number of benzene rings is 1. The van der Waals surface area contributed by atoms with Gasteiger partial charge in [-0.05, 0) is 76.1 Å². The first-order valence-electron chi connectivity index (χ1n) is 14.4. The van der Waals surface area contributed by atoms with E-state index in [0.29, 0.717) is 19.1 Å². The van der Waals surface area contributed by atoms with E-state index >= 15 is 0 Å². The number of phenolic OH excluding ortho intramolecular Hbond substituents is 1. The molecule has 1 aromatic carbocycles. The van der Waals surface area contributed by atoms with Crippen LogP contribution in [0.1, 0.15) is 56.1 Å².